The second-order valence-corrected chi connectivity index (χ2v) is 8.00. The molecule has 2 heterocycles. The number of Topliss-reactive ketones (excluding diaryl/α,β-unsaturated/α-hetero) is 1. The number of nitrogens with zero attached hydrogens (tertiary/aromatic N) is 1. The molecule has 1 aliphatic carbocycles. The number of ether oxygens (including phenoxy) is 1. The molecule has 1 saturated heterocycles. The molecule has 1 aromatic rings. The summed E-state index contributed by atoms with van der Waals surface area (Å²) in [5, 5.41) is 3.46. The van der Waals surface area contributed by atoms with E-state index in [0.29, 0.717) is 36.4 Å². The van der Waals surface area contributed by atoms with Crippen LogP contribution in [0.15, 0.2) is 60.4 Å². The second-order valence-electron chi connectivity index (χ2n) is 8.00. The minimum absolute atomic E-state index is 0.136. The maximum Gasteiger partial charge on any atom is 0.137 e. The molecular formula is C23H28N2O2. The number of benzene rings is 1. The number of rotatable bonds is 6. The topological polar surface area (TPSA) is 41.6 Å². The van der Waals surface area contributed by atoms with Crippen LogP contribution in [0, 0.1) is 17.8 Å². The summed E-state index contributed by atoms with van der Waals surface area (Å²) in [7, 11) is 4.05. The number of ketones is 1. The Hall–Kier alpha value is -2.33. The van der Waals surface area contributed by atoms with Crippen LogP contribution in [0.1, 0.15) is 12.0 Å². The summed E-state index contributed by atoms with van der Waals surface area (Å²) in [6.45, 7) is 1.78. The zero-order valence-electron chi connectivity index (χ0n) is 16.1. The Kier molecular flexibility index (Phi) is 5.17. The number of hydrogen-bond acceptors (Lipinski definition) is 4. The molecule has 0 spiro atoms. The number of nitrogens with one attached hydrogen (secondary N) is 1. The van der Waals surface area contributed by atoms with Crippen molar-refractivity contribution in [3.63, 3.8) is 0 Å². The van der Waals surface area contributed by atoms with Crippen LogP contribution in [-0.2, 0) is 16.0 Å². The lowest BCUT2D eigenvalue weighted by molar-refractivity contribution is -0.119. The van der Waals surface area contributed by atoms with Crippen LogP contribution < -0.4 is 10.2 Å². The molecule has 1 aromatic carbocycles. The number of anilines is 1. The van der Waals surface area contributed by atoms with Gasteiger partial charge in [-0.3, -0.25) is 4.79 Å². The van der Waals surface area contributed by atoms with Gasteiger partial charge in [-0.15, -0.1) is 0 Å². The van der Waals surface area contributed by atoms with Crippen LogP contribution in [-0.4, -0.2) is 39.1 Å². The number of hydrogen-bond donors (Lipinski definition) is 1. The summed E-state index contributed by atoms with van der Waals surface area (Å²) >= 11 is 0. The molecule has 1 N–H and O–H groups in total. The molecule has 0 amide bonds. The molecule has 0 aromatic heterocycles. The first-order chi connectivity index (χ1) is 13.1. The first kappa shape index (κ1) is 18.1. The third kappa shape index (κ3) is 4.01. The van der Waals surface area contributed by atoms with E-state index in [1.54, 1.807) is 0 Å². The van der Waals surface area contributed by atoms with Crippen molar-refractivity contribution < 1.29 is 9.53 Å². The summed E-state index contributed by atoms with van der Waals surface area (Å²) in [5.74, 6) is 2.34. The zero-order chi connectivity index (χ0) is 18.8. The van der Waals surface area contributed by atoms with Crippen molar-refractivity contribution in [2.75, 3.05) is 32.1 Å². The first-order valence-electron chi connectivity index (χ1n) is 9.82. The summed E-state index contributed by atoms with van der Waals surface area (Å²) in [6.07, 6.45) is 11.9. The maximum absolute atomic E-state index is 12.7. The fourth-order valence-corrected chi connectivity index (χ4v) is 4.25. The maximum atomic E-state index is 12.7. The van der Waals surface area contributed by atoms with Crippen LogP contribution in [0.4, 0.5) is 5.69 Å². The van der Waals surface area contributed by atoms with E-state index in [1.807, 2.05) is 20.2 Å². The summed E-state index contributed by atoms with van der Waals surface area (Å²) < 4.78 is 6.18. The van der Waals surface area contributed by atoms with Gasteiger partial charge in [0.2, 0.25) is 0 Å². The molecule has 0 bridgehead atoms. The van der Waals surface area contributed by atoms with Crippen LogP contribution >= 0.6 is 0 Å². The molecule has 3 aliphatic rings. The molecule has 0 radical (unpaired) electrons. The molecule has 4 atom stereocenters. The SMILES string of the molecule is CN(C)c1ccc(CC(=O)C[C@@H]2CNC[C@H]2C2=CC3C=CC=CC3O2)cc1. The van der Waals surface area contributed by atoms with Crippen molar-refractivity contribution >= 4 is 11.5 Å². The second kappa shape index (κ2) is 7.73. The highest BCUT2D eigenvalue weighted by atomic mass is 16.5. The molecule has 142 valence electrons. The van der Waals surface area contributed by atoms with Gasteiger partial charge in [-0.05, 0) is 42.3 Å². The van der Waals surface area contributed by atoms with Crippen LogP contribution in [0.3, 0.4) is 0 Å². The lowest BCUT2D eigenvalue weighted by Crippen LogP contribution is -2.21. The molecular weight excluding hydrogens is 336 g/mol. The van der Waals surface area contributed by atoms with E-state index in [9.17, 15) is 4.79 Å². The Bertz CT molecular complexity index is 776. The van der Waals surface area contributed by atoms with Gasteiger partial charge in [0, 0.05) is 51.0 Å². The number of allylic oxidation sites excluding steroid dienone is 2. The largest absolute Gasteiger partial charge is 0.490 e. The average Bonchev–Trinajstić information content (AvgIpc) is 3.28. The van der Waals surface area contributed by atoms with E-state index in [2.05, 4.69) is 58.8 Å². The van der Waals surface area contributed by atoms with Crippen LogP contribution in [0.25, 0.3) is 0 Å². The molecule has 1 fully saturated rings. The van der Waals surface area contributed by atoms with E-state index in [1.165, 1.54) is 0 Å². The molecule has 0 saturated carbocycles. The molecule has 4 rings (SSSR count). The van der Waals surface area contributed by atoms with E-state index in [0.717, 1.165) is 30.1 Å². The molecule has 4 heteroatoms. The van der Waals surface area contributed by atoms with Crippen molar-refractivity contribution in [2.45, 2.75) is 18.9 Å². The number of carbonyl (C=O) groups excluding carboxylic acids is 1. The normalized spacial score (nSPS) is 28.6. The Morgan fingerprint density at radius 3 is 2.67 bits per heavy atom. The average molecular weight is 364 g/mol. The Morgan fingerprint density at radius 1 is 1.15 bits per heavy atom. The monoisotopic (exact) mass is 364 g/mol. The first-order valence-corrected chi connectivity index (χ1v) is 9.82. The number of fused-ring (bicyclic) bond motifs is 1. The van der Waals surface area contributed by atoms with Gasteiger partial charge in [0.1, 0.15) is 11.9 Å². The summed E-state index contributed by atoms with van der Waals surface area (Å²) in [6, 6.07) is 8.26. The van der Waals surface area contributed by atoms with Gasteiger partial charge in [0.25, 0.3) is 0 Å². The van der Waals surface area contributed by atoms with Crippen molar-refractivity contribution in [2.24, 2.45) is 17.8 Å². The fourth-order valence-electron chi connectivity index (χ4n) is 4.25. The van der Waals surface area contributed by atoms with Gasteiger partial charge >= 0.3 is 0 Å². The third-order valence-corrected chi connectivity index (χ3v) is 5.80. The summed E-state index contributed by atoms with van der Waals surface area (Å²) in [5.41, 5.74) is 2.24. The van der Waals surface area contributed by atoms with E-state index in [-0.39, 0.29) is 6.10 Å². The highest BCUT2D eigenvalue weighted by molar-refractivity contribution is 5.81. The van der Waals surface area contributed by atoms with Gasteiger partial charge in [-0.25, -0.2) is 0 Å². The minimum atomic E-state index is 0.136. The van der Waals surface area contributed by atoms with Crippen molar-refractivity contribution in [1.82, 2.24) is 5.32 Å². The quantitative estimate of drug-likeness (QED) is 0.842. The predicted molar refractivity (Wildman–Crippen MR) is 109 cm³/mol. The minimum Gasteiger partial charge on any atom is -0.490 e. The molecule has 2 aliphatic heterocycles. The van der Waals surface area contributed by atoms with Crippen LogP contribution in [0.5, 0.6) is 0 Å². The summed E-state index contributed by atoms with van der Waals surface area (Å²) in [4.78, 5) is 14.7. The Morgan fingerprint density at radius 2 is 1.93 bits per heavy atom. The Balaban J connectivity index is 1.36. The highest BCUT2D eigenvalue weighted by Gasteiger charge is 2.37. The van der Waals surface area contributed by atoms with Gasteiger partial charge in [0.05, 0.1) is 5.76 Å². The van der Waals surface area contributed by atoms with E-state index >= 15 is 0 Å². The lowest BCUT2D eigenvalue weighted by atomic mass is 9.87. The molecule has 4 nitrogen and oxygen atoms in total. The standard InChI is InChI=1S/C23H28N2O2/c1-25(2)19-9-7-16(8-10-19)11-20(26)12-18-14-24-15-21(18)23-13-17-5-3-4-6-22(17)27-23/h3-10,13,17-18,21-22,24H,11-12,14-15H2,1-2H3/t17?,18-,21-,22?/m1/s1. The third-order valence-electron chi connectivity index (χ3n) is 5.80. The van der Waals surface area contributed by atoms with E-state index < -0.39 is 0 Å². The zero-order valence-corrected chi connectivity index (χ0v) is 16.1. The van der Waals surface area contributed by atoms with Gasteiger partial charge in [-0.1, -0.05) is 30.4 Å². The predicted octanol–water partition coefficient (Wildman–Crippen LogP) is 3.11. The van der Waals surface area contributed by atoms with Crippen molar-refractivity contribution in [1.29, 1.82) is 0 Å². The van der Waals surface area contributed by atoms with Crippen LogP contribution in [0.2, 0.25) is 0 Å². The van der Waals surface area contributed by atoms with Crippen molar-refractivity contribution in [3.8, 4) is 0 Å². The molecule has 27 heavy (non-hydrogen) atoms. The van der Waals surface area contributed by atoms with E-state index in [4.69, 9.17) is 4.74 Å². The van der Waals surface area contributed by atoms with Crippen molar-refractivity contribution in [3.05, 3.63) is 66.0 Å². The Labute approximate surface area is 161 Å². The number of carbonyl (C=O) groups is 1. The van der Waals surface area contributed by atoms with Gasteiger partial charge < -0.3 is 15.0 Å². The lowest BCUT2D eigenvalue weighted by Gasteiger charge is -2.21. The van der Waals surface area contributed by atoms with Gasteiger partial charge in [0.15, 0.2) is 0 Å². The molecule has 2 unspecified atom stereocenters. The smallest absolute Gasteiger partial charge is 0.137 e. The van der Waals surface area contributed by atoms with Gasteiger partial charge in [-0.2, -0.15) is 0 Å². The fraction of sp³-hybridized carbons (Fsp3) is 0.435. The highest BCUT2D eigenvalue weighted by Crippen LogP contribution is 2.37.